The maximum Gasteiger partial charge on any atom is 0.324 e. The van der Waals surface area contributed by atoms with E-state index in [0.29, 0.717) is 30.4 Å². The smallest absolute Gasteiger partial charge is 0.324 e. The second-order valence-corrected chi connectivity index (χ2v) is 8.44. The van der Waals surface area contributed by atoms with E-state index in [-0.39, 0.29) is 5.75 Å². The molecule has 1 atom stereocenters. The number of carbonyl (C=O) groups is 1. The predicted molar refractivity (Wildman–Crippen MR) is 131 cm³/mol. The Bertz CT molecular complexity index is 1080. The average molecular weight is 469 g/mol. The number of aryl methyl sites for hydroxylation is 1. The molecule has 2 aromatic carbocycles. The van der Waals surface area contributed by atoms with Gasteiger partial charge < -0.3 is 20.4 Å². The Kier molecular flexibility index (Phi) is 8.91. The summed E-state index contributed by atoms with van der Waals surface area (Å²) < 4.78 is 0. The van der Waals surface area contributed by atoms with Crippen LogP contribution < -0.4 is 15.6 Å². The zero-order chi connectivity index (χ0) is 23.6. The number of nitrogens with one attached hydrogen (secondary N) is 2. The lowest BCUT2D eigenvalue weighted by Crippen LogP contribution is -2.39. The van der Waals surface area contributed by atoms with Crippen LogP contribution in [0.15, 0.2) is 54.6 Å². The minimum atomic E-state index is -0.951. The van der Waals surface area contributed by atoms with Gasteiger partial charge in [-0.05, 0) is 61.6 Å². The number of rotatable bonds is 12. The number of hydrogen-bond donors (Lipinski definition) is 4. The van der Waals surface area contributed by atoms with E-state index in [1.807, 2.05) is 43.5 Å². The summed E-state index contributed by atoms with van der Waals surface area (Å²) in [6.45, 7) is 2.48. The van der Waals surface area contributed by atoms with Crippen LogP contribution in [0.5, 0.6) is 11.5 Å². The summed E-state index contributed by atoms with van der Waals surface area (Å²) >= 11 is 1.59. The molecule has 0 amide bonds. The van der Waals surface area contributed by atoms with Crippen molar-refractivity contribution in [1.82, 2.24) is 15.4 Å². The van der Waals surface area contributed by atoms with Crippen molar-refractivity contribution in [2.24, 2.45) is 0 Å². The quantitative estimate of drug-likeness (QED) is 0.294. The highest BCUT2D eigenvalue weighted by Crippen LogP contribution is 2.24. The SMILES string of the molecule is CSCC[C@H](NOc1cccc(-c2cc(NCCc3cccc(O)c3)nc(C)n2)c1)C(=O)O. The molecule has 0 aliphatic carbocycles. The first-order valence-electron chi connectivity index (χ1n) is 10.6. The minimum absolute atomic E-state index is 0.253. The van der Waals surface area contributed by atoms with Crippen LogP contribution >= 0.6 is 11.8 Å². The predicted octanol–water partition coefficient (Wildman–Crippen LogP) is 3.90. The molecule has 33 heavy (non-hydrogen) atoms. The van der Waals surface area contributed by atoms with Crippen molar-refractivity contribution in [3.8, 4) is 22.8 Å². The summed E-state index contributed by atoms with van der Waals surface area (Å²) in [7, 11) is 0. The van der Waals surface area contributed by atoms with Crippen LogP contribution in [0.25, 0.3) is 11.3 Å². The average Bonchev–Trinajstić information content (AvgIpc) is 2.79. The van der Waals surface area contributed by atoms with Gasteiger partial charge in [0.2, 0.25) is 0 Å². The van der Waals surface area contributed by atoms with Gasteiger partial charge >= 0.3 is 5.97 Å². The number of carboxylic acids is 1. The van der Waals surface area contributed by atoms with Crippen LogP contribution in [0, 0.1) is 6.92 Å². The number of benzene rings is 2. The molecule has 174 valence electrons. The van der Waals surface area contributed by atoms with E-state index in [1.54, 1.807) is 36.0 Å². The molecule has 1 heterocycles. The number of hydrogen-bond acceptors (Lipinski definition) is 8. The van der Waals surface area contributed by atoms with Crippen molar-refractivity contribution in [1.29, 1.82) is 0 Å². The van der Waals surface area contributed by atoms with Crippen molar-refractivity contribution >= 4 is 23.5 Å². The number of thioether (sulfide) groups is 1. The Morgan fingerprint density at radius 3 is 2.73 bits per heavy atom. The van der Waals surface area contributed by atoms with Gasteiger partial charge in [0.05, 0.1) is 5.69 Å². The topological polar surface area (TPSA) is 117 Å². The summed E-state index contributed by atoms with van der Waals surface area (Å²) in [5, 5.41) is 22.2. The molecular weight excluding hydrogens is 440 g/mol. The van der Waals surface area contributed by atoms with Gasteiger partial charge in [-0.3, -0.25) is 4.79 Å². The highest BCUT2D eigenvalue weighted by Gasteiger charge is 2.17. The fourth-order valence-corrected chi connectivity index (χ4v) is 3.65. The van der Waals surface area contributed by atoms with Crippen molar-refractivity contribution in [2.45, 2.75) is 25.8 Å². The molecule has 0 bridgehead atoms. The number of aromatic hydroxyl groups is 1. The molecule has 3 rings (SSSR count). The Balaban J connectivity index is 1.66. The summed E-state index contributed by atoms with van der Waals surface area (Å²) in [4.78, 5) is 25.9. The minimum Gasteiger partial charge on any atom is -0.508 e. The van der Waals surface area contributed by atoms with E-state index >= 15 is 0 Å². The second kappa shape index (κ2) is 12.1. The molecule has 3 aromatic rings. The number of phenols is 1. The van der Waals surface area contributed by atoms with Crippen LogP contribution in [-0.2, 0) is 11.2 Å². The third-order valence-corrected chi connectivity index (χ3v) is 5.47. The number of aliphatic carboxylic acids is 1. The van der Waals surface area contributed by atoms with Crippen LogP contribution in [0.4, 0.5) is 5.82 Å². The fourth-order valence-electron chi connectivity index (χ4n) is 3.18. The Morgan fingerprint density at radius 1 is 1.15 bits per heavy atom. The zero-order valence-electron chi connectivity index (χ0n) is 18.6. The number of aromatic nitrogens is 2. The maximum absolute atomic E-state index is 11.4. The third-order valence-electron chi connectivity index (χ3n) is 4.83. The molecule has 0 saturated carbocycles. The molecular formula is C24H28N4O4S. The molecule has 0 unspecified atom stereocenters. The van der Waals surface area contributed by atoms with Crippen LogP contribution in [-0.4, -0.2) is 50.7 Å². The van der Waals surface area contributed by atoms with Gasteiger partial charge in [-0.25, -0.2) is 9.97 Å². The highest BCUT2D eigenvalue weighted by molar-refractivity contribution is 7.98. The molecule has 9 heteroatoms. The Labute approximate surface area is 197 Å². The first-order chi connectivity index (χ1) is 15.9. The summed E-state index contributed by atoms with van der Waals surface area (Å²) in [6, 6.07) is 15.6. The van der Waals surface area contributed by atoms with E-state index in [1.165, 1.54) is 0 Å². The molecule has 0 saturated heterocycles. The molecule has 4 N–H and O–H groups in total. The van der Waals surface area contributed by atoms with Crippen molar-refractivity contribution in [2.75, 3.05) is 23.9 Å². The van der Waals surface area contributed by atoms with Crippen LogP contribution in [0.2, 0.25) is 0 Å². The molecule has 0 radical (unpaired) electrons. The third kappa shape index (κ3) is 7.65. The van der Waals surface area contributed by atoms with Gasteiger partial charge in [0.25, 0.3) is 0 Å². The molecule has 0 aliphatic rings. The zero-order valence-corrected chi connectivity index (χ0v) is 19.4. The van der Waals surface area contributed by atoms with Crippen LogP contribution in [0.3, 0.4) is 0 Å². The molecule has 8 nitrogen and oxygen atoms in total. The maximum atomic E-state index is 11.4. The largest absolute Gasteiger partial charge is 0.508 e. The van der Waals surface area contributed by atoms with Gasteiger partial charge in [-0.2, -0.15) is 11.8 Å². The second-order valence-electron chi connectivity index (χ2n) is 7.45. The number of nitrogens with zero attached hydrogens (tertiary/aromatic N) is 2. The van der Waals surface area contributed by atoms with Gasteiger partial charge in [-0.15, -0.1) is 5.48 Å². The van der Waals surface area contributed by atoms with E-state index in [9.17, 15) is 15.0 Å². The van der Waals surface area contributed by atoms with Crippen molar-refractivity contribution in [3.63, 3.8) is 0 Å². The number of hydroxylamine groups is 1. The molecule has 0 fully saturated rings. The molecule has 0 aliphatic heterocycles. The number of carboxylic acid groups (broad SMARTS) is 1. The van der Waals surface area contributed by atoms with Gasteiger partial charge in [0.1, 0.15) is 29.2 Å². The Morgan fingerprint density at radius 2 is 1.97 bits per heavy atom. The van der Waals surface area contributed by atoms with Gasteiger partial charge in [0, 0.05) is 18.2 Å². The summed E-state index contributed by atoms with van der Waals surface area (Å²) in [5.41, 5.74) is 5.23. The lowest BCUT2D eigenvalue weighted by molar-refractivity contribution is -0.141. The number of anilines is 1. The molecule has 0 spiro atoms. The van der Waals surface area contributed by atoms with Crippen molar-refractivity contribution < 1.29 is 19.8 Å². The van der Waals surface area contributed by atoms with E-state index in [4.69, 9.17) is 4.84 Å². The van der Waals surface area contributed by atoms with Crippen molar-refractivity contribution in [3.05, 3.63) is 66.0 Å². The van der Waals surface area contributed by atoms with E-state index in [0.717, 1.165) is 29.0 Å². The first-order valence-corrected chi connectivity index (χ1v) is 12.0. The van der Waals surface area contributed by atoms with Crippen LogP contribution in [0.1, 0.15) is 17.8 Å². The van der Waals surface area contributed by atoms with E-state index < -0.39 is 12.0 Å². The monoisotopic (exact) mass is 468 g/mol. The van der Waals surface area contributed by atoms with Gasteiger partial charge in [0.15, 0.2) is 0 Å². The number of phenolic OH excluding ortho intramolecular Hbond substituents is 1. The van der Waals surface area contributed by atoms with E-state index in [2.05, 4.69) is 20.8 Å². The first kappa shape index (κ1) is 24.3. The standard InChI is InChI=1S/C24H28N4O4S/c1-16-26-22(15-23(27-16)25-11-9-17-5-3-7-19(29)13-17)18-6-4-8-20(14-18)32-28-21(24(30)31)10-12-33-2/h3-8,13-15,21,28-29H,9-12H2,1-2H3,(H,30,31)(H,25,26,27)/t21-/m0/s1. The summed E-state index contributed by atoms with van der Waals surface area (Å²) in [5.74, 6) is 1.84. The Hall–Kier alpha value is -3.30. The summed E-state index contributed by atoms with van der Waals surface area (Å²) in [6.07, 6.45) is 3.13. The lowest BCUT2D eigenvalue weighted by atomic mass is 10.1. The highest BCUT2D eigenvalue weighted by atomic mass is 32.2. The fraction of sp³-hybridized carbons (Fsp3) is 0.292. The lowest BCUT2D eigenvalue weighted by Gasteiger charge is -2.15. The van der Waals surface area contributed by atoms with Gasteiger partial charge in [-0.1, -0.05) is 24.3 Å². The normalized spacial score (nSPS) is 11.7. The molecule has 1 aromatic heterocycles.